The predicted octanol–water partition coefficient (Wildman–Crippen LogP) is 3.45. The first-order valence-corrected chi connectivity index (χ1v) is 12.0. The molecule has 2 aromatic heterocycles. The van der Waals surface area contributed by atoms with E-state index in [1.807, 2.05) is 31.8 Å². The van der Waals surface area contributed by atoms with Crippen LogP contribution in [0.3, 0.4) is 0 Å². The number of imidazole rings is 1. The molecule has 1 atom stereocenters. The summed E-state index contributed by atoms with van der Waals surface area (Å²) in [6, 6.07) is 4.16. The van der Waals surface area contributed by atoms with Crippen molar-refractivity contribution in [2.24, 2.45) is 7.05 Å². The van der Waals surface area contributed by atoms with Crippen LogP contribution >= 0.6 is 0 Å². The predicted molar refractivity (Wildman–Crippen MR) is 127 cm³/mol. The number of alkyl halides is 6. The average molecular weight is 582 g/mol. The number of amides is 1. The summed E-state index contributed by atoms with van der Waals surface area (Å²) >= 11 is 0. The highest BCUT2D eigenvalue weighted by atomic mass is 19.4. The number of likely N-dealkylation sites (tertiary alicyclic amines) is 2. The first-order valence-electron chi connectivity index (χ1n) is 12.0. The number of hydrogen-bond acceptors (Lipinski definition) is 6. The summed E-state index contributed by atoms with van der Waals surface area (Å²) in [5.74, 6) is -3.85. The molecule has 2 saturated heterocycles. The van der Waals surface area contributed by atoms with Crippen molar-refractivity contribution in [1.29, 1.82) is 0 Å². The van der Waals surface area contributed by atoms with Crippen molar-refractivity contribution in [3.8, 4) is 0 Å². The van der Waals surface area contributed by atoms with Crippen molar-refractivity contribution >= 4 is 17.8 Å². The Labute approximate surface area is 225 Å². The molecule has 40 heavy (non-hydrogen) atoms. The Balaban J connectivity index is 0.000000333. The number of carbonyl (C=O) groups is 3. The van der Waals surface area contributed by atoms with E-state index in [2.05, 4.69) is 43.4 Å². The number of aryl methyl sites for hydroxylation is 1. The van der Waals surface area contributed by atoms with E-state index in [0.29, 0.717) is 12.3 Å². The van der Waals surface area contributed by atoms with Crippen LogP contribution in [0.2, 0.25) is 0 Å². The summed E-state index contributed by atoms with van der Waals surface area (Å²) in [5, 5.41) is 14.2. The highest BCUT2D eigenvalue weighted by molar-refractivity contribution is 5.81. The SMILES string of the molecule is CCN1C(=O)CC(c2ccncc2)C12CCN(Cc1nccn1C)CC2.O=C(O)C(F)(F)F.O=C(O)C(F)(F)F. The molecule has 0 aromatic carbocycles. The minimum absolute atomic E-state index is 0.0503. The molecule has 0 bridgehead atoms. The normalized spacial score (nSPS) is 18.9. The Kier molecular flexibility index (Phi) is 10.7. The van der Waals surface area contributed by atoms with Crippen molar-refractivity contribution < 1.29 is 50.9 Å². The van der Waals surface area contributed by atoms with Crippen LogP contribution in [0.5, 0.6) is 0 Å². The van der Waals surface area contributed by atoms with Crippen LogP contribution in [0.25, 0.3) is 0 Å². The van der Waals surface area contributed by atoms with Gasteiger partial charge in [-0.3, -0.25) is 14.7 Å². The lowest BCUT2D eigenvalue weighted by Crippen LogP contribution is -2.55. The smallest absolute Gasteiger partial charge is 0.475 e. The molecule has 0 radical (unpaired) electrons. The number of hydrogen-bond donors (Lipinski definition) is 2. The van der Waals surface area contributed by atoms with Crippen molar-refractivity contribution in [2.45, 2.75) is 56.5 Å². The van der Waals surface area contributed by atoms with E-state index in [1.54, 1.807) is 0 Å². The monoisotopic (exact) mass is 581 g/mol. The minimum Gasteiger partial charge on any atom is -0.475 e. The van der Waals surface area contributed by atoms with Crippen LogP contribution in [-0.2, 0) is 28.0 Å². The molecule has 0 saturated carbocycles. The third-order valence-corrected chi connectivity index (χ3v) is 6.78. The van der Waals surface area contributed by atoms with Gasteiger partial charge in [-0.25, -0.2) is 14.6 Å². The zero-order chi connectivity index (χ0) is 30.3. The molecule has 2 fully saturated rings. The van der Waals surface area contributed by atoms with E-state index in [0.717, 1.165) is 44.8 Å². The largest absolute Gasteiger partial charge is 0.490 e. The molecule has 1 unspecified atom stereocenters. The number of aromatic nitrogens is 3. The second-order valence-electron chi connectivity index (χ2n) is 9.12. The van der Waals surface area contributed by atoms with Gasteiger partial charge in [-0.15, -0.1) is 0 Å². The van der Waals surface area contributed by atoms with Gasteiger partial charge in [0.05, 0.1) is 12.1 Å². The minimum atomic E-state index is -5.08. The summed E-state index contributed by atoms with van der Waals surface area (Å²) in [4.78, 5) is 43.7. The Hall–Kier alpha value is -3.69. The molecule has 2 N–H and O–H groups in total. The molecule has 1 spiro atoms. The van der Waals surface area contributed by atoms with Gasteiger partial charge >= 0.3 is 24.3 Å². The molecule has 222 valence electrons. The first-order chi connectivity index (χ1) is 18.5. The molecule has 16 heteroatoms. The Bertz CT molecular complexity index is 1120. The van der Waals surface area contributed by atoms with Crippen LogP contribution in [-0.4, -0.2) is 89.9 Å². The van der Waals surface area contributed by atoms with Crippen molar-refractivity contribution in [3.63, 3.8) is 0 Å². The number of piperidine rings is 1. The standard InChI is InChI=1S/C20H27N5O.2C2HF3O2/c1-3-25-19(26)14-17(16-4-8-21-9-5-16)20(25)6-11-24(12-7-20)15-18-22-10-13-23(18)2;2*3-2(4,5)1(6)7/h4-5,8-10,13,17H,3,6-7,11-12,14-15H2,1-2H3;2*(H,6,7). The van der Waals surface area contributed by atoms with Crippen molar-refractivity contribution in [1.82, 2.24) is 24.3 Å². The van der Waals surface area contributed by atoms with Gasteiger partial charge in [0.15, 0.2) is 0 Å². The summed E-state index contributed by atoms with van der Waals surface area (Å²) in [7, 11) is 2.04. The Morgan fingerprint density at radius 2 is 1.50 bits per heavy atom. The zero-order valence-corrected chi connectivity index (χ0v) is 21.6. The van der Waals surface area contributed by atoms with E-state index >= 15 is 0 Å². The second-order valence-corrected chi connectivity index (χ2v) is 9.12. The van der Waals surface area contributed by atoms with Crippen molar-refractivity contribution in [2.75, 3.05) is 19.6 Å². The fourth-order valence-corrected chi connectivity index (χ4v) is 4.89. The van der Waals surface area contributed by atoms with E-state index in [-0.39, 0.29) is 11.5 Å². The van der Waals surface area contributed by atoms with Gasteiger partial charge < -0.3 is 19.7 Å². The number of likely N-dealkylation sites (N-methyl/N-ethyl adjacent to an activating group) is 1. The van der Waals surface area contributed by atoms with Gasteiger partial charge in [-0.1, -0.05) is 0 Å². The number of carboxylic acids is 2. The maximum atomic E-state index is 12.7. The van der Waals surface area contributed by atoms with Gasteiger partial charge in [-0.2, -0.15) is 26.3 Å². The lowest BCUT2D eigenvalue weighted by atomic mass is 9.74. The number of carboxylic acid groups (broad SMARTS) is 2. The third-order valence-electron chi connectivity index (χ3n) is 6.78. The Morgan fingerprint density at radius 3 is 1.90 bits per heavy atom. The van der Waals surface area contributed by atoms with E-state index in [4.69, 9.17) is 19.8 Å². The molecule has 2 aliphatic heterocycles. The quantitative estimate of drug-likeness (QED) is 0.526. The van der Waals surface area contributed by atoms with Gasteiger partial charge in [0, 0.05) is 63.8 Å². The molecule has 4 heterocycles. The number of rotatable bonds is 4. The van der Waals surface area contributed by atoms with E-state index in [9.17, 15) is 31.1 Å². The van der Waals surface area contributed by atoms with Gasteiger partial charge in [0.25, 0.3) is 0 Å². The third kappa shape index (κ3) is 8.16. The van der Waals surface area contributed by atoms with Crippen LogP contribution < -0.4 is 0 Å². The van der Waals surface area contributed by atoms with Crippen LogP contribution in [0.15, 0.2) is 36.9 Å². The van der Waals surface area contributed by atoms with Crippen LogP contribution in [0.4, 0.5) is 26.3 Å². The maximum absolute atomic E-state index is 12.7. The molecule has 10 nitrogen and oxygen atoms in total. The molecule has 2 aliphatic rings. The van der Waals surface area contributed by atoms with Crippen LogP contribution in [0.1, 0.15) is 43.5 Å². The lowest BCUT2D eigenvalue weighted by Gasteiger charge is -2.47. The number of pyridine rings is 1. The fourth-order valence-electron chi connectivity index (χ4n) is 4.89. The average Bonchev–Trinajstić information content (AvgIpc) is 3.40. The molecule has 0 aliphatic carbocycles. The summed E-state index contributed by atoms with van der Waals surface area (Å²) in [6.45, 7) is 5.77. The van der Waals surface area contributed by atoms with Crippen molar-refractivity contribution in [3.05, 3.63) is 48.3 Å². The Morgan fingerprint density at radius 1 is 1.00 bits per heavy atom. The van der Waals surface area contributed by atoms with E-state index < -0.39 is 24.3 Å². The lowest BCUT2D eigenvalue weighted by molar-refractivity contribution is -0.193. The number of nitrogens with zero attached hydrogens (tertiary/aromatic N) is 5. The summed E-state index contributed by atoms with van der Waals surface area (Å²) in [5.41, 5.74) is 1.20. The highest BCUT2D eigenvalue weighted by Crippen LogP contribution is 2.48. The number of carbonyl (C=O) groups excluding carboxylic acids is 1. The number of aliphatic carboxylic acids is 2. The topological polar surface area (TPSA) is 129 Å². The summed E-state index contributed by atoms with van der Waals surface area (Å²) < 4.78 is 65.6. The summed E-state index contributed by atoms with van der Waals surface area (Å²) in [6.07, 6.45) is 0.0330. The molecular weight excluding hydrogens is 552 g/mol. The highest BCUT2D eigenvalue weighted by Gasteiger charge is 2.53. The fraction of sp³-hybridized carbons (Fsp3) is 0.542. The second kappa shape index (κ2) is 13.1. The van der Waals surface area contributed by atoms with Crippen LogP contribution in [0, 0.1) is 0 Å². The molecular formula is C24H29F6N5O5. The maximum Gasteiger partial charge on any atom is 0.490 e. The number of halogens is 6. The molecule has 2 aromatic rings. The van der Waals surface area contributed by atoms with Gasteiger partial charge in [0.1, 0.15) is 5.82 Å². The molecule has 1 amide bonds. The van der Waals surface area contributed by atoms with Gasteiger partial charge in [0.2, 0.25) is 5.91 Å². The van der Waals surface area contributed by atoms with E-state index in [1.165, 1.54) is 5.56 Å². The first kappa shape index (κ1) is 32.5. The molecule has 4 rings (SSSR count). The zero-order valence-electron chi connectivity index (χ0n) is 21.6. The van der Waals surface area contributed by atoms with Gasteiger partial charge in [-0.05, 0) is 37.5 Å².